The van der Waals surface area contributed by atoms with E-state index < -0.39 is 10.4 Å². The Balaban J connectivity index is -0.0000000241. The third-order valence-electron chi connectivity index (χ3n) is 0.566. The second kappa shape index (κ2) is 20.0. The number of aromatic nitrogens is 1. The van der Waals surface area contributed by atoms with Gasteiger partial charge in [-0.25, -0.2) is 0 Å². The molecule has 0 aromatic carbocycles. The van der Waals surface area contributed by atoms with Gasteiger partial charge in [-0.05, 0) is 12.1 Å². The standard InChI is InChI=1S/C5H5N.4H2N.H2O4S.Ru/c1-2-4-6-5-3-1;;;;;1-5(2,3)4;/h1-5H;4*1H2;(H2,1,2,3,4);/q;4*-1;;+3. The van der Waals surface area contributed by atoms with E-state index in [1.54, 1.807) is 12.4 Å². The summed E-state index contributed by atoms with van der Waals surface area (Å²) in [5.74, 6) is 0. The predicted octanol–water partition coefficient (Wildman–Crippen LogP) is 2.12. The summed E-state index contributed by atoms with van der Waals surface area (Å²) in [6.07, 6.45) is 3.50. The fourth-order valence-electron chi connectivity index (χ4n) is 0.313. The minimum atomic E-state index is -4.67. The van der Waals surface area contributed by atoms with Gasteiger partial charge in [0.05, 0.1) is 0 Å². The molecule has 0 saturated heterocycles. The second-order valence-electron chi connectivity index (χ2n) is 1.48. The summed E-state index contributed by atoms with van der Waals surface area (Å²) in [7, 11) is -4.67. The first kappa shape index (κ1) is 36.1. The number of nitrogens with two attached hydrogens (primary N) is 4. The quantitative estimate of drug-likeness (QED) is 0.298. The molecular weight excluding hydrogens is 327 g/mol. The molecule has 0 fully saturated rings. The summed E-state index contributed by atoms with van der Waals surface area (Å²) in [4.78, 5) is 3.78. The maximum Gasteiger partial charge on any atom is 3.00 e. The van der Waals surface area contributed by atoms with E-state index >= 15 is 0 Å². The summed E-state index contributed by atoms with van der Waals surface area (Å²) in [5.41, 5.74) is 0. The molecule has 99 valence electrons. The Morgan fingerprint density at radius 3 is 1.25 bits per heavy atom. The zero-order valence-electron chi connectivity index (χ0n) is 8.13. The Kier molecular flexibility index (Phi) is 45.1. The minimum absolute atomic E-state index is 0. The molecule has 1 rings (SSSR count). The maximum atomic E-state index is 8.74. The van der Waals surface area contributed by atoms with E-state index in [4.69, 9.17) is 17.5 Å². The van der Waals surface area contributed by atoms with Gasteiger partial charge in [0.15, 0.2) is 0 Å². The Bertz CT molecular complexity index is 249. The van der Waals surface area contributed by atoms with Crippen molar-refractivity contribution in [2.45, 2.75) is 0 Å². The first-order valence-corrected chi connectivity index (χ1v) is 3.96. The van der Waals surface area contributed by atoms with Crippen LogP contribution in [0.1, 0.15) is 0 Å². The van der Waals surface area contributed by atoms with Crippen LogP contribution in [0.15, 0.2) is 30.6 Å². The largest absolute Gasteiger partial charge is 3.00 e. The van der Waals surface area contributed by atoms with Crippen LogP contribution in [-0.4, -0.2) is 22.5 Å². The van der Waals surface area contributed by atoms with Crippen LogP contribution in [0, 0.1) is 0 Å². The van der Waals surface area contributed by atoms with Crippen LogP contribution in [0.2, 0.25) is 0 Å². The van der Waals surface area contributed by atoms with E-state index in [1.807, 2.05) is 18.2 Å². The fourth-order valence-corrected chi connectivity index (χ4v) is 0.313. The molecule has 0 spiro atoms. The van der Waals surface area contributed by atoms with Crippen LogP contribution < -0.4 is 0 Å². The van der Waals surface area contributed by atoms with Crippen molar-refractivity contribution in [3.8, 4) is 0 Å². The van der Waals surface area contributed by atoms with E-state index in [9.17, 15) is 0 Å². The molecule has 0 saturated carbocycles. The smallest absolute Gasteiger partial charge is 0.693 e. The van der Waals surface area contributed by atoms with Gasteiger partial charge in [-0.1, -0.05) is 6.07 Å². The molecule has 10 N–H and O–H groups in total. The van der Waals surface area contributed by atoms with Crippen molar-refractivity contribution in [3.63, 3.8) is 0 Å². The van der Waals surface area contributed by atoms with Crippen LogP contribution in [0.25, 0.3) is 24.6 Å². The van der Waals surface area contributed by atoms with Crippen LogP contribution in [0.4, 0.5) is 0 Å². The van der Waals surface area contributed by atoms with Gasteiger partial charge in [0.25, 0.3) is 0 Å². The van der Waals surface area contributed by atoms with Crippen molar-refractivity contribution < 1.29 is 37.0 Å². The average molecular weight is 342 g/mol. The molecule has 9 nitrogen and oxygen atoms in total. The Morgan fingerprint density at radius 2 is 1.19 bits per heavy atom. The van der Waals surface area contributed by atoms with E-state index in [0.717, 1.165) is 0 Å². The van der Waals surface area contributed by atoms with Crippen molar-refractivity contribution in [2.24, 2.45) is 0 Å². The molecule has 0 bridgehead atoms. The molecule has 1 heterocycles. The molecule has 0 unspecified atom stereocenters. The molecule has 0 atom stereocenters. The van der Waals surface area contributed by atoms with E-state index in [2.05, 4.69) is 4.98 Å². The average Bonchev–Trinajstić information content (AvgIpc) is 1.88. The summed E-state index contributed by atoms with van der Waals surface area (Å²) >= 11 is 0. The van der Waals surface area contributed by atoms with Crippen LogP contribution in [-0.2, 0) is 29.9 Å². The summed E-state index contributed by atoms with van der Waals surface area (Å²) < 4.78 is 31.6. The van der Waals surface area contributed by atoms with Crippen molar-refractivity contribution >= 4 is 10.4 Å². The first-order valence-electron chi connectivity index (χ1n) is 2.55. The number of hydrogen-bond acceptors (Lipinski definition) is 4. The fraction of sp³-hybridized carbons (Fsp3) is 0. The molecule has 1 aromatic rings. The van der Waals surface area contributed by atoms with Gasteiger partial charge in [-0.2, -0.15) is 8.42 Å². The van der Waals surface area contributed by atoms with Gasteiger partial charge in [0.1, 0.15) is 0 Å². The topological polar surface area (TPSA) is 227 Å². The monoisotopic (exact) mass is 343 g/mol. The molecule has 0 amide bonds. The van der Waals surface area contributed by atoms with Crippen LogP contribution in [0.5, 0.6) is 0 Å². The van der Waals surface area contributed by atoms with Crippen LogP contribution >= 0.6 is 0 Å². The third kappa shape index (κ3) is 69.9. The molecule has 0 aliphatic heterocycles. The molecule has 16 heavy (non-hydrogen) atoms. The van der Waals surface area contributed by atoms with Crippen LogP contribution in [0.3, 0.4) is 0 Å². The molecule has 1 aromatic heterocycles. The number of nitrogens with zero attached hydrogens (tertiary/aromatic N) is 1. The Hall–Kier alpha value is -0.517. The van der Waals surface area contributed by atoms with Crippen molar-refractivity contribution in [1.29, 1.82) is 0 Å². The van der Waals surface area contributed by atoms with E-state index in [1.165, 1.54) is 0 Å². The third-order valence-corrected chi connectivity index (χ3v) is 0.566. The zero-order valence-corrected chi connectivity index (χ0v) is 10.7. The molecule has 1 radical (unpaired) electrons. The van der Waals surface area contributed by atoms with Crippen molar-refractivity contribution in [1.82, 2.24) is 4.98 Å². The van der Waals surface area contributed by atoms with Gasteiger partial charge in [0.2, 0.25) is 0 Å². The zero-order chi connectivity index (χ0) is 8.74. The van der Waals surface area contributed by atoms with E-state index in [-0.39, 0.29) is 44.1 Å². The predicted molar refractivity (Wildman–Crippen MR) is 58.7 cm³/mol. The van der Waals surface area contributed by atoms with Crippen molar-refractivity contribution in [2.75, 3.05) is 0 Å². The van der Waals surface area contributed by atoms with Gasteiger partial charge in [-0.3, -0.25) is 4.98 Å². The molecule has 0 aliphatic carbocycles. The summed E-state index contributed by atoms with van der Waals surface area (Å²) in [6, 6.07) is 5.72. The van der Waals surface area contributed by atoms with Gasteiger partial charge < -0.3 is 33.7 Å². The second-order valence-corrected chi connectivity index (χ2v) is 2.39. The summed E-state index contributed by atoms with van der Waals surface area (Å²) in [5, 5.41) is 0. The molecule has 11 heteroatoms. The van der Waals surface area contributed by atoms with Gasteiger partial charge in [0, 0.05) is 12.4 Å². The van der Waals surface area contributed by atoms with Gasteiger partial charge in [-0.15, -0.1) is 0 Å². The van der Waals surface area contributed by atoms with Crippen molar-refractivity contribution in [3.05, 3.63) is 55.2 Å². The number of pyridine rings is 1. The van der Waals surface area contributed by atoms with Gasteiger partial charge >= 0.3 is 29.9 Å². The normalized spacial score (nSPS) is 6.62. The first-order chi connectivity index (χ1) is 5.00. The summed E-state index contributed by atoms with van der Waals surface area (Å²) in [6.45, 7) is 0. The molecular formula is C5H15N5O4RuS-. The SMILES string of the molecule is O=S(=O)([O-])[OH2+].[NH2-].[NH2-].[NH2-].[NH2-].[Ru+3].c1ccncc1. The number of rotatable bonds is 0. The maximum absolute atomic E-state index is 8.74. The Labute approximate surface area is 108 Å². The Morgan fingerprint density at radius 1 is 0.938 bits per heavy atom. The minimum Gasteiger partial charge on any atom is -0.693 e. The number of hydrogen-bond donors (Lipinski definition) is 0. The molecule has 0 aliphatic rings. The van der Waals surface area contributed by atoms with E-state index in [0.29, 0.717) is 0 Å².